The molecular weight excluding hydrogens is 238 g/mol. The molecule has 2 rings (SSSR count). The van der Waals surface area contributed by atoms with Crippen LogP contribution in [0.25, 0.3) is 0 Å². The molecule has 0 radical (unpaired) electrons. The smallest absolute Gasteiger partial charge is 0.222 e. The van der Waals surface area contributed by atoms with Crippen LogP contribution < -0.4 is 5.32 Å². The van der Waals surface area contributed by atoms with Crippen molar-refractivity contribution in [1.29, 1.82) is 0 Å². The summed E-state index contributed by atoms with van der Waals surface area (Å²) < 4.78 is 2.07. The highest BCUT2D eigenvalue weighted by Gasteiger charge is 2.06. The number of aryl methyl sites for hydroxylation is 3. The average Bonchev–Trinajstić information content (AvgIpc) is 2.64. The van der Waals surface area contributed by atoms with E-state index < -0.39 is 0 Å². The largest absolute Gasteiger partial charge is 0.354 e. The summed E-state index contributed by atoms with van der Waals surface area (Å²) in [7, 11) is 0. The molecule has 5 heteroatoms. The molecular formula is C14H21N5. The second-order valence-electron chi connectivity index (χ2n) is 4.88. The van der Waals surface area contributed by atoms with Crippen molar-refractivity contribution in [2.24, 2.45) is 0 Å². The van der Waals surface area contributed by atoms with Crippen LogP contribution in [-0.2, 0) is 6.54 Å². The number of hydrogen-bond acceptors (Lipinski definition) is 4. The number of hydrogen-bond donors (Lipinski definition) is 1. The van der Waals surface area contributed by atoms with E-state index in [1.165, 1.54) is 11.3 Å². The minimum Gasteiger partial charge on any atom is -0.354 e. The maximum Gasteiger partial charge on any atom is 0.222 e. The van der Waals surface area contributed by atoms with Gasteiger partial charge in [-0.05, 0) is 45.2 Å². The van der Waals surface area contributed by atoms with Gasteiger partial charge < -0.3 is 5.32 Å². The van der Waals surface area contributed by atoms with Crippen molar-refractivity contribution < 1.29 is 0 Å². The SMILES string of the molecule is Cc1cnc(NCCCn2nc(C)c(C)c2C)nc1. The molecule has 0 aliphatic rings. The van der Waals surface area contributed by atoms with Gasteiger partial charge in [0.05, 0.1) is 5.69 Å². The van der Waals surface area contributed by atoms with Crippen molar-refractivity contribution in [3.8, 4) is 0 Å². The van der Waals surface area contributed by atoms with E-state index in [9.17, 15) is 0 Å². The molecule has 0 aromatic carbocycles. The van der Waals surface area contributed by atoms with Crippen molar-refractivity contribution in [2.45, 2.75) is 40.7 Å². The van der Waals surface area contributed by atoms with Gasteiger partial charge >= 0.3 is 0 Å². The van der Waals surface area contributed by atoms with Crippen LogP contribution in [-0.4, -0.2) is 26.3 Å². The van der Waals surface area contributed by atoms with Crippen LogP contribution in [0.2, 0.25) is 0 Å². The molecule has 0 saturated carbocycles. The summed E-state index contributed by atoms with van der Waals surface area (Å²) in [5, 5.41) is 7.74. The van der Waals surface area contributed by atoms with Crippen LogP contribution in [0, 0.1) is 27.7 Å². The van der Waals surface area contributed by atoms with Crippen LogP contribution in [0.3, 0.4) is 0 Å². The molecule has 0 aliphatic carbocycles. The number of rotatable bonds is 5. The predicted octanol–water partition coefficient (Wildman–Crippen LogP) is 2.41. The molecule has 0 spiro atoms. The second kappa shape index (κ2) is 5.82. The van der Waals surface area contributed by atoms with E-state index in [-0.39, 0.29) is 0 Å². The normalized spacial score (nSPS) is 10.7. The Kier molecular flexibility index (Phi) is 4.14. The number of nitrogens with zero attached hydrogens (tertiary/aromatic N) is 4. The lowest BCUT2D eigenvalue weighted by atomic mass is 10.2. The number of anilines is 1. The van der Waals surface area contributed by atoms with Crippen LogP contribution in [0.4, 0.5) is 5.95 Å². The van der Waals surface area contributed by atoms with Gasteiger partial charge in [-0.15, -0.1) is 0 Å². The lowest BCUT2D eigenvalue weighted by molar-refractivity contribution is 0.572. The zero-order valence-corrected chi connectivity index (χ0v) is 12.1. The lowest BCUT2D eigenvalue weighted by Crippen LogP contribution is -2.10. The van der Waals surface area contributed by atoms with Crippen molar-refractivity contribution in [1.82, 2.24) is 19.7 Å². The average molecular weight is 259 g/mol. The Morgan fingerprint density at radius 2 is 1.79 bits per heavy atom. The minimum atomic E-state index is 0.690. The summed E-state index contributed by atoms with van der Waals surface area (Å²) in [5.74, 6) is 0.690. The Labute approximate surface area is 114 Å². The first-order valence-corrected chi connectivity index (χ1v) is 6.61. The molecule has 2 aromatic rings. The quantitative estimate of drug-likeness (QED) is 0.838. The van der Waals surface area contributed by atoms with Gasteiger partial charge in [-0.3, -0.25) is 4.68 Å². The molecule has 1 N–H and O–H groups in total. The van der Waals surface area contributed by atoms with Gasteiger partial charge in [0.1, 0.15) is 0 Å². The molecule has 0 amide bonds. The monoisotopic (exact) mass is 259 g/mol. The van der Waals surface area contributed by atoms with Crippen molar-refractivity contribution in [3.05, 3.63) is 34.9 Å². The first-order valence-electron chi connectivity index (χ1n) is 6.61. The van der Waals surface area contributed by atoms with E-state index in [1.54, 1.807) is 0 Å². The minimum absolute atomic E-state index is 0.690. The maximum atomic E-state index is 4.52. The van der Waals surface area contributed by atoms with Gasteiger partial charge in [0, 0.05) is 31.2 Å². The van der Waals surface area contributed by atoms with Gasteiger partial charge in [0.15, 0.2) is 0 Å². The summed E-state index contributed by atoms with van der Waals surface area (Å²) >= 11 is 0. The van der Waals surface area contributed by atoms with Crippen molar-refractivity contribution in [2.75, 3.05) is 11.9 Å². The molecule has 2 aromatic heterocycles. The van der Waals surface area contributed by atoms with E-state index in [0.29, 0.717) is 5.95 Å². The summed E-state index contributed by atoms with van der Waals surface area (Å²) in [6, 6.07) is 0. The number of aromatic nitrogens is 4. The fourth-order valence-corrected chi connectivity index (χ4v) is 1.92. The van der Waals surface area contributed by atoms with Crippen molar-refractivity contribution in [3.63, 3.8) is 0 Å². The summed E-state index contributed by atoms with van der Waals surface area (Å²) in [6.07, 6.45) is 4.64. The summed E-state index contributed by atoms with van der Waals surface area (Å²) in [6.45, 7) is 10.0. The molecule has 0 aliphatic heterocycles. The second-order valence-corrected chi connectivity index (χ2v) is 4.88. The Hall–Kier alpha value is -1.91. The van der Waals surface area contributed by atoms with E-state index in [2.05, 4.69) is 45.8 Å². The van der Waals surface area contributed by atoms with Gasteiger partial charge in [0.25, 0.3) is 0 Å². The Bertz CT molecular complexity index is 542. The van der Waals surface area contributed by atoms with E-state index in [1.807, 2.05) is 19.3 Å². The maximum absolute atomic E-state index is 4.52. The third kappa shape index (κ3) is 3.30. The van der Waals surface area contributed by atoms with E-state index in [0.717, 1.165) is 30.8 Å². The predicted molar refractivity (Wildman–Crippen MR) is 76.3 cm³/mol. The molecule has 0 atom stereocenters. The van der Waals surface area contributed by atoms with Gasteiger partial charge in [-0.25, -0.2) is 9.97 Å². The molecule has 0 fully saturated rings. The highest BCUT2D eigenvalue weighted by Crippen LogP contribution is 2.11. The van der Waals surface area contributed by atoms with E-state index in [4.69, 9.17) is 0 Å². The molecule has 19 heavy (non-hydrogen) atoms. The zero-order valence-electron chi connectivity index (χ0n) is 12.1. The Balaban J connectivity index is 1.80. The van der Waals surface area contributed by atoms with Crippen molar-refractivity contribution >= 4 is 5.95 Å². The fraction of sp³-hybridized carbons (Fsp3) is 0.500. The zero-order chi connectivity index (χ0) is 13.8. The molecule has 5 nitrogen and oxygen atoms in total. The van der Waals surface area contributed by atoms with E-state index >= 15 is 0 Å². The molecule has 0 saturated heterocycles. The first kappa shape index (κ1) is 13.5. The highest BCUT2D eigenvalue weighted by molar-refractivity contribution is 5.24. The molecule has 102 valence electrons. The highest BCUT2D eigenvalue weighted by atomic mass is 15.3. The standard InChI is InChI=1S/C14H21N5/c1-10-8-16-14(17-9-10)15-6-5-7-19-13(4)11(2)12(3)18-19/h8-9H,5-7H2,1-4H3,(H,15,16,17). The van der Waals surface area contributed by atoms with Crippen LogP contribution >= 0.6 is 0 Å². The van der Waals surface area contributed by atoms with Crippen LogP contribution in [0.1, 0.15) is 28.9 Å². The van der Waals surface area contributed by atoms with Gasteiger partial charge in [-0.2, -0.15) is 5.10 Å². The fourth-order valence-electron chi connectivity index (χ4n) is 1.92. The first-order chi connectivity index (χ1) is 9.08. The van der Waals surface area contributed by atoms with Crippen LogP contribution in [0.5, 0.6) is 0 Å². The molecule has 0 unspecified atom stereocenters. The van der Waals surface area contributed by atoms with Gasteiger partial charge in [0.2, 0.25) is 5.95 Å². The third-order valence-electron chi connectivity index (χ3n) is 3.35. The van der Waals surface area contributed by atoms with Crippen LogP contribution in [0.15, 0.2) is 12.4 Å². The summed E-state index contributed by atoms with van der Waals surface area (Å²) in [4.78, 5) is 8.43. The Morgan fingerprint density at radius 1 is 1.11 bits per heavy atom. The topological polar surface area (TPSA) is 55.6 Å². The lowest BCUT2D eigenvalue weighted by Gasteiger charge is -2.06. The van der Waals surface area contributed by atoms with Gasteiger partial charge in [-0.1, -0.05) is 0 Å². The Morgan fingerprint density at radius 3 is 2.37 bits per heavy atom. The summed E-state index contributed by atoms with van der Waals surface area (Å²) in [5.41, 5.74) is 4.73. The molecule has 0 bridgehead atoms. The molecule has 2 heterocycles. The number of nitrogens with one attached hydrogen (secondary N) is 1. The third-order valence-corrected chi connectivity index (χ3v) is 3.35.